The molecule has 30 heavy (non-hydrogen) atoms. The second-order valence-corrected chi connectivity index (χ2v) is 9.66. The molecule has 3 heterocycles. The van der Waals surface area contributed by atoms with Crippen molar-refractivity contribution in [1.29, 1.82) is 5.26 Å². The van der Waals surface area contributed by atoms with Crippen molar-refractivity contribution in [1.82, 2.24) is 9.55 Å². The molecule has 4 nitrogen and oxygen atoms in total. The van der Waals surface area contributed by atoms with E-state index in [1.54, 1.807) is 0 Å². The molecule has 0 atom stereocenters. The number of piperidine rings is 1. The molecule has 0 radical (unpaired) electrons. The van der Waals surface area contributed by atoms with Gasteiger partial charge in [0.05, 0.1) is 11.8 Å². The molecule has 1 aliphatic rings. The van der Waals surface area contributed by atoms with E-state index >= 15 is 0 Å². The van der Waals surface area contributed by atoms with Crippen LogP contribution in [-0.4, -0.2) is 22.6 Å². The Labute approximate surface area is 191 Å². The SMILES string of the molecule is Cc1cc(N2CCC(CC#N)CC2)c2c(C)c(C)n(-c3c(C)cc(Cl)cc3Br)c2n1. The normalized spacial score (nSPS) is 15.0. The van der Waals surface area contributed by atoms with Crippen molar-refractivity contribution in [2.75, 3.05) is 18.0 Å². The molecule has 0 spiro atoms. The summed E-state index contributed by atoms with van der Waals surface area (Å²) in [5, 5.41) is 11.0. The highest BCUT2D eigenvalue weighted by molar-refractivity contribution is 9.10. The number of rotatable bonds is 3. The monoisotopic (exact) mass is 484 g/mol. The number of anilines is 1. The Morgan fingerprint density at radius 1 is 1.17 bits per heavy atom. The first-order chi connectivity index (χ1) is 14.3. The standard InChI is InChI=1S/C24H26BrClN4/c1-14-11-19(26)13-20(25)23(14)30-17(4)16(3)22-21(12-15(2)28-24(22)30)29-9-6-18(5-8-27)7-10-29/h11-13,18H,5-7,9-10H2,1-4H3. The summed E-state index contributed by atoms with van der Waals surface area (Å²) in [6.07, 6.45) is 2.80. The second kappa shape index (κ2) is 8.24. The second-order valence-electron chi connectivity index (χ2n) is 8.37. The Kier molecular flexibility index (Phi) is 5.83. The molecule has 0 saturated carbocycles. The number of pyridine rings is 1. The number of nitriles is 1. The first-order valence-electron chi connectivity index (χ1n) is 10.4. The van der Waals surface area contributed by atoms with Crippen molar-refractivity contribution in [2.24, 2.45) is 5.92 Å². The number of hydrogen-bond donors (Lipinski definition) is 0. The van der Waals surface area contributed by atoms with E-state index in [1.807, 2.05) is 12.1 Å². The van der Waals surface area contributed by atoms with Gasteiger partial charge in [0.15, 0.2) is 0 Å². The van der Waals surface area contributed by atoms with Crippen LogP contribution < -0.4 is 4.90 Å². The zero-order valence-corrected chi connectivity index (χ0v) is 20.2. The molecule has 4 rings (SSSR count). The Hall–Kier alpha value is -2.03. The van der Waals surface area contributed by atoms with Gasteiger partial charge in [-0.3, -0.25) is 4.57 Å². The van der Waals surface area contributed by atoms with Gasteiger partial charge in [-0.15, -0.1) is 0 Å². The minimum Gasteiger partial charge on any atom is -0.371 e. The molecular weight excluding hydrogens is 460 g/mol. The highest BCUT2D eigenvalue weighted by Crippen LogP contribution is 2.39. The van der Waals surface area contributed by atoms with E-state index < -0.39 is 0 Å². The van der Waals surface area contributed by atoms with E-state index in [-0.39, 0.29) is 0 Å². The van der Waals surface area contributed by atoms with Crippen LogP contribution in [0.1, 0.15) is 41.8 Å². The van der Waals surface area contributed by atoms with Gasteiger partial charge in [-0.05, 0) is 91.7 Å². The zero-order valence-electron chi connectivity index (χ0n) is 17.9. The van der Waals surface area contributed by atoms with Crippen LogP contribution in [0.15, 0.2) is 22.7 Å². The zero-order chi connectivity index (χ0) is 21.6. The van der Waals surface area contributed by atoms with Gasteiger partial charge in [0.2, 0.25) is 0 Å². The summed E-state index contributed by atoms with van der Waals surface area (Å²) < 4.78 is 3.23. The van der Waals surface area contributed by atoms with Gasteiger partial charge < -0.3 is 4.90 Å². The molecule has 0 amide bonds. The fourth-order valence-electron chi connectivity index (χ4n) is 4.68. The van der Waals surface area contributed by atoms with Gasteiger partial charge in [-0.25, -0.2) is 4.98 Å². The smallest absolute Gasteiger partial charge is 0.147 e. The third-order valence-corrected chi connectivity index (χ3v) is 7.17. The molecule has 0 bridgehead atoms. The molecule has 1 aromatic carbocycles. The Morgan fingerprint density at radius 2 is 1.87 bits per heavy atom. The summed E-state index contributed by atoms with van der Waals surface area (Å²) >= 11 is 10.0. The summed E-state index contributed by atoms with van der Waals surface area (Å²) in [4.78, 5) is 7.46. The molecule has 0 N–H and O–H groups in total. The van der Waals surface area contributed by atoms with E-state index in [0.717, 1.165) is 58.0 Å². The lowest BCUT2D eigenvalue weighted by molar-refractivity contribution is 0.413. The van der Waals surface area contributed by atoms with Crippen LogP contribution >= 0.6 is 27.5 Å². The molecule has 2 aromatic heterocycles. The van der Waals surface area contributed by atoms with E-state index in [0.29, 0.717) is 12.3 Å². The van der Waals surface area contributed by atoms with Gasteiger partial charge in [0.25, 0.3) is 0 Å². The van der Waals surface area contributed by atoms with Crippen LogP contribution in [0, 0.1) is 44.9 Å². The number of hydrogen-bond acceptors (Lipinski definition) is 3. The van der Waals surface area contributed by atoms with Crippen LogP contribution in [0.25, 0.3) is 16.7 Å². The topological polar surface area (TPSA) is 44.9 Å². The molecule has 3 aromatic rings. The Bertz CT molecular complexity index is 1140. The Balaban J connectivity index is 1.89. The maximum Gasteiger partial charge on any atom is 0.147 e. The maximum atomic E-state index is 9.03. The summed E-state index contributed by atoms with van der Waals surface area (Å²) in [6, 6.07) is 8.50. The van der Waals surface area contributed by atoms with Crippen molar-refractivity contribution in [3.63, 3.8) is 0 Å². The molecule has 0 unspecified atom stereocenters. The van der Waals surface area contributed by atoms with Crippen LogP contribution in [0.5, 0.6) is 0 Å². The summed E-state index contributed by atoms with van der Waals surface area (Å²) in [5.74, 6) is 0.518. The van der Waals surface area contributed by atoms with E-state index in [9.17, 15) is 0 Å². The molecule has 1 fully saturated rings. The number of aryl methyl sites for hydroxylation is 3. The van der Waals surface area contributed by atoms with Gasteiger partial charge in [0, 0.05) is 51.5 Å². The lowest BCUT2D eigenvalue weighted by atomic mass is 9.93. The minimum atomic E-state index is 0.518. The maximum absolute atomic E-state index is 9.03. The highest BCUT2D eigenvalue weighted by Gasteiger charge is 2.25. The predicted octanol–water partition coefficient (Wildman–Crippen LogP) is 6.81. The van der Waals surface area contributed by atoms with Crippen molar-refractivity contribution in [3.8, 4) is 11.8 Å². The Morgan fingerprint density at radius 3 is 2.50 bits per heavy atom. The van der Waals surface area contributed by atoms with Crippen molar-refractivity contribution < 1.29 is 0 Å². The fourth-order valence-corrected chi connectivity index (χ4v) is 5.82. The molecule has 156 valence electrons. The average molecular weight is 486 g/mol. The number of halogens is 2. The van der Waals surface area contributed by atoms with Crippen LogP contribution in [-0.2, 0) is 0 Å². The summed E-state index contributed by atoms with van der Waals surface area (Å²) in [6.45, 7) is 10.5. The van der Waals surface area contributed by atoms with E-state index in [4.69, 9.17) is 21.8 Å². The fraction of sp³-hybridized carbons (Fsp3) is 0.417. The third kappa shape index (κ3) is 3.61. The van der Waals surface area contributed by atoms with Gasteiger partial charge >= 0.3 is 0 Å². The number of benzene rings is 1. The number of aromatic nitrogens is 2. The van der Waals surface area contributed by atoms with E-state index in [2.05, 4.69) is 65.2 Å². The molecule has 0 aliphatic carbocycles. The third-order valence-electron chi connectivity index (χ3n) is 6.35. The molecule has 1 aliphatic heterocycles. The quantitative estimate of drug-likeness (QED) is 0.409. The largest absolute Gasteiger partial charge is 0.371 e. The van der Waals surface area contributed by atoms with Crippen LogP contribution in [0.3, 0.4) is 0 Å². The molecule has 1 saturated heterocycles. The van der Waals surface area contributed by atoms with Crippen LogP contribution in [0.4, 0.5) is 5.69 Å². The van der Waals surface area contributed by atoms with Gasteiger partial charge in [-0.1, -0.05) is 11.6 Å². The highest BCUT2D eigenvalue weighted by atomic mass is 79.9. The average Bonchev–Trinajstić information content (AvgIpc) is 2.92. The summed E-state index contributed by atoms with van der Waals surface area (Å²) in [5.41, 5.74) is 7.91. The van der Waals surface area contributed by atoms with E-state index in [1.165, 1.54) is 22.3 Å². The van der Waals surface area contributed by atoms with Crippen molar-refractivity contribution in [2.45, 2.75) is 47.0 Å². The van der Waals surface area contributed by atoms with Gasteiger partial charge in [-0.2, -0.15) is 5.26 Å². The first kappa shape index (κ1) is 21.2. The number of fused-ring (bicyclic) bond motifs is 1. The summed E-state index contributed by atoms with van der Waals surface area (Å²) in [7, 11) is 0. The first-order valence-corrected chi connectivity index (χ1v) is 11.6. The van der Waals surface area contributed by atoms with Crippen LogP contribution in [0.2, 0.25) is 5.02 Å². The molecule has 6 heteroatoms. The van der Waals surface area contributed by atoms with Crippen molar-refractivity contribution in [3.05, 3.63) is 50.2 Å². The molecular formula is C24H26BrClN4. The lowest BCUT2D eigenvalue weighted by Crippen LogP contribution is -2.33. The van der Waals surface area contributed by atoms with Crippen molar-refractivity contribution >= 4 is 44.3 Å². The minimum absolute atomic E-state index is 0.518. The lowest BCUT2D eigenvalue weighted by Gasteiger charge is -2.33. The number of nitrogens with zero attached hydrogens (tertiary/aromatic N) is 4. The van der Waals surface area contributed by atoms with Gasteiger partial charge in [0.1, 0.15) is 5.65 Å². The predicted molar refractivity (Wildman–Crippen MR) is 128 cm³/mol.